The lowest BCUT2D eigenvalue weighted by molar-refractivity contribution is 0.112. The molecule has 0 aliphatic heterocycles. The molecule has 0 radical (unpaired) electrons. The number of nitrogens with zero attached hydrogens (tertiary/aromatic N) is 4. The normalized spacial score (nSPS) is 10.6. The van der Waals surface area contributed by atoms with Gasteiger partial charge in [0.1, 0.15) is 0 Å². The van der Waals surface area contributed by atoms with Gasteiger partial charge in [0.25, 0.3) is 0 Å². The Morgan fingerprint density at radius 1 is 1.38 bits per heavy atom. The molecule has 5 nitrogen and oxygen atoms in total. The number of carbonyl (C=O) groups is 1. The van der Waals surface area contributed by atoms with Crippen molar-refractivity contribution in [1.29, 1.82) is 0 Å². The zero-order chi connectivity index (χ0) is 11.5. The molecular weight excluding hydrogens is 204 g/mol. The number of aromatic nitrogens is 4. The first kappa shape index (κ1) is 10.6. The van der Waals surface area contributed by atoms with Gasteiger partial charge in [-0.2, -0.15) is 10.2 Å². The minimum Gasteiger partial charge on any atom is -0.298 e. The summed E-state index contributed by atoms with van der Waals surface area (Å²) < 4.78 is 3.34. The maximum Gasteiger partial charge on any atom is 0.162 e. The summed E-state index contributed by atoms with van der Waals surface area (Å²) in [5.41, 5.74) is 1.72. The second kappa shape index (κ2) is 4.30. The van der Waals surface area contributed by atoms with Crippen molar-refractivity contribution in [1.82, 2.24) is 19.6 Å². The minimum absolute atomic E-state index is 0.550. The van der Waals surface area contributed by atoms with E-state index < -0.39 is 0 Å². The Balaban J connectivity index is 2.41. The van der Waals surface area contributed by atoms with Gasteiger partial charge < -0.3 is 0 Å². The summed E-state index contributed by atoms with van der Waals surface area (Å²) in [5, 5.41) is 8.29. The van der Waals surface area contributed by atoms with E-state index in [1.54, 1.807) is 22.6 Å². The molecule has 0 unspecified atom stereocenters. The first-order valence-corrected chi connectivity index (χ1v) is 5.27. The molecule has 2 aromatic heterocycles. The molecule has 0 saturated carbocycles. The van der Waals surface area contributed by atoms with Crippen LogP contribution in [0.2, 0.25) is 0 Å². The van der Waals surface area contributed by atoms with Crippen LogP contribution < -0.4 is 0 Å². The molecule has 0 aliphatic rings. The molecule has 16 heavy (non-hydrogen) atoms. The number of aldehydes is 1. The van der Waals surface area contributed by atoms with E-state index in [9.17, 15) is 4.79 Å². The van der Waals surface area contributed by atoms with Crippen LogP contribution in [0.25, 0.3) is 5.82 Å². The van der Waals surface area contributed by atoms with E-state index in [4.69, 9.17) is 0 Å². The smallest absolute Gasteiger partial charge is 0.162 e. The molecule has 0 fully saturated rings. The van der Waals surface area contributed by atoms with Crippen molar-refractivity contribution in [3.8, 4) is 5.82 Å². The van der Waals surface area contributed by atoms with Crippen LogP contribution in [0.5, 0.6) is 0 Å². The van der Waals surface area contributed by atoms with E-state index in [0.717, 1.165) is 19.1 Å². The molecule has 0 atom stereocenters. The molecule has 0 N–H and O–H groups in total. The molecule has 0 amide bonds. The van der Waals surface area contributed by atoms with Gasteiger partial charge in [0.2, 0.25) is 0 Å². The fraction of sp³-hybridized carbons (Fsp3) is 0.364. The maximum absolute atomic E-state index is 10.9. The van der Waals surface area contributed by atoms with Crippen molar-refractivity contribution in [3.63, 3.8) is 0 Å². The van der Waals surface area contributed by atoms with Crippen LogP contribution in [0.15, 0.2) is 18.6 Å². The Labute approximate surface area is 93.7 Å². The van der Waals surface area contributed by atoms with Crippen molar-refractivity contribution in [2.75, 3.05) is 0 Å². The average Bonchev–Trinajstić information content (AvgIpc) is 2.85. The minimum atomic E-state index is 0.550. The highest BCUT2D eigenvalue weighted by molar-refractivity contribution is 5.79. The van der Waals surface area contributed by atoms with Crippen LogP contribution in [-0.2, 0) is 13.5 Å². The zero-order valence-corrected chi connectivity index (χ0v) is 9.42. The van der Waals surface area contributed by atoms with E-state index in [-0.39, 0.29) is 0 Å². The second-order valence-electron chi connectivity index (χ2n) is 3.71. The lowest BCUT2D eigenvalue weighted by Gasteiger charge is -2.01. The number of hydrogen-bond donors (Lipinski definition) is 0. The van der Waals surface area contributed by atoms with Crippen molar-refractivity contribution in [2.24, 2.45) is 7.05 Å². The van der Waals surface area contributed by atoms with Gasteiger partial charge in [-0.25, -0.2) is 4.68 Å². The fourth-order valence-electron chi connectivity index (χ4n) is 1.71. The van der Waals surface area contributed by atoms with Crippen LogP contribution in [0.1, 0.15) is 29.3 Å². The Kier molecular flexibility index (Phi) is 2.85. The third-order valence-electron chi connectivity index (χ3n) is 2.45. The highest BCUT2D eigenvalue weighted by atomic mass is 16.1. The van der Waals surface area contributed by atoms with Crippen molar-refractivity contribution >= 4 is 6.29 Å². The fourth-order valence-corrected chi connectivity index (χ4v) is 1.71. The third kappa shape index (κ3) is 1.76. The van der Waals surface area contributed by atoms with Gasteiger partial charge in [0.15, 0.2) is 12.1 Å². The van der Waals surface area contributed by atoms with Crippen molar-refractivity contribution < 1.29 is 4.79 Å². The molecule has 0 bridgehead atoms. The van der Waals surface area contributed by atoms with E-state index in [1.165, 1.54) is 5.56 Å². The SMILES string of the molecule is CCCc1cnn(-c2c(C=O)cnn2C)c1. The second-order valence-corrected chi connectivity index (χ2v) is 3.71. The zero-order valence-electron chi connectivity index (χ0n) is 9.42. The van der Waals surface area contributed by atoms with Gasteiger partial charge >= 0.3 is 0 Å². The number of carbonyl (C=O) groups excluding carboxylic acids is 1. The average molecular weight is 218 g/mol. The molecule has 5 heteroatoms. The molecule has 0 aromatic carbocycles. The Morgan fingerprint density at radius 3 is 2.88 bits per heavy atom. The molecule has 2 heterocycles. The Morgan fingerprint density at radius 2 is 2.19 bits per heavy atom. The molecule has 84 valence electrons. The summed E-state index contributed by atoms with van der Waals surface area (Å²) in [5.74, 6) is 0.706. The lowest BCUT2D eigenvalue weighted by Crippen LogP contribution is -2.05. The largest absolute Gasteiger partial charge is 0.298 e. The summed E-state index contributed by atoms with van der Waals surface area (Å²) in [6, 6.07) is 0. The Hall–Kier alpha value is -1.91. The molecule has 2 rings (SSSR count). The number of aryl methyl sites for hydroxylation is 2. The predicted molar refractivity (Wildman–Crippen MR) is 59.7 cm³/mol. The van der Waals surface area contributed by atoms with Crippen LogP contribution >= 0.6 is 0 Å². The molecule has 0 aliphatic carbocycles. The molecular formula is C11H14N4O. The molecule has 2 aromatic rings. The highest BCUT2D eigenvalue weighted by Crippen LogP contribution is 2.12. The first-order chi connectivity index (χ1) is 7.76. The van der Waals surface area contributed by atoms with Crippen LogP contribution in [0, 0.1) is 0 Å². The van der Waals surface area contributed by atoms with E-state index in [1.807, 2.05) is 12.4 Å². The summed E-state index contributed by atoms with van der Waals surface area (Å²) >= 11 is 0. The number of rotatable bonds is 4. The van der Waals surface area contributed by atoms with Gasteiger partial charge in [-0.3, -0.25) is 9.48 Å². The van der Waals surface area contributed by atoms with Crippen LogP contribution in [0.3, 0.4) is 0 Å². The van der Waals surface area contributed by atoms with Gasteiger partial charge in [-0.05, 0) is 12.0 Å². The van der Waals surface area contributed by atoms with E-state index >= 15 is 0 Å². The standard InChI is InChI=1S/C11H14N4O/c1-3-4-9-5-13-15(7-9)11-10(8-16)6-12-14(11)2/h5-8H,3-4H2,1-2H3. The van der Waals surface area contributed by atoms with Gasteiger partial charge in [0, 0.05) is 13.2 Å². The van der Waals surface area contributed by atoms with Crippen LogP contribution in [-0.4, -0.2) is 25.8 Å². The van der Waals surface area contributed by atoms with Crippen molar-refractivity contribution in [3.05, 3.63) is 29.7 Å². The summed E-state index contributed by atoms with van der Waals surface area (Å²) in [6.07, 6.45) is 8.18. The third-order valence-corrected chi connectivity index (χ3v) is 2.45. The highest BCUT2D eigenvalue weighted by Gasteiger charge is 2.10. The molecule has 0 saturated heterocycles. The van der Waals surface area contributed by atoms with Gasteiger partial charge in [0.05, 0.1) is 18.0 Å². The molecule has 0 spiro atoms. The van der Waals surface area contributed by atoms with Gasteiger partial charge in [-0.15, -0.1) is 0 Å². The van der Waals surface area contributed by atoms with Gasteiger partial charge in [-0.1, -0.05) is 13.3 Å². The first-order valence-electron chi connectivity index (χ1n) is 5.27. The predicted octanol–water partition coefficient (Wildman–Crippen LogP) is 1.37. The quantitative estimate of drug-likeness (QED) is 0.728. The van der Waals surface area contributed by atoms with E-state index in [2.05, 4.69) is 17.1 Å². The maximum atomic E-state index is 10.9. The summed E-state index contributed by atoms with van der Waals surface area (Å²) in [6.45, 7) is 2.12. The van der Waals surface area contributed by atoms with Crippen molar-refractivity contribution in [2.45, 2.75) is 19.8 Å². The monoisotopic (exact) mass is 218 g/mol. The number of hydrogen-bond acceptors (Lipinski definition) is 3. The summed E-state index contributed by atoms with van der Waals surface area (Å²) in [7, 11) is 1.80. The topological polar surface area (TPSA) is 52.7 Å². The Bertz CT molecular complexity index is 498. The van der Waals surface area contributed by atoms with E-state index in [0.29, 0.717) is 11.4 Å². The lowest BCUT2D eigenvalue weighted by atomic mass is 10.2. The van der Waals surface area contributed by atoms with Crippen LogP contribution in [0.4, 0.5) is 0 Å². The summed E-state index contributed by atoms with van der Waals surface area (Å²) in [4.78, 5) is 10.9.